The number of imide groups is 1. The van der Waals surface area contributed by atoms with Crippen LogP contribution in [0.2, 0.25) is 0 Å². The van der Waals surface area contributed by atoms with E-state index in [1.165, 1.54) is 25.2 Å². The number of carbonyl (C=O) groups excluding carboxylic acids is 3. The third-order valence-electron chi connectivity index (χ3n) is 3.41. The van der Waals surface area contributed by atoms with Crippen LogP contribution >= 0.6 is 0 Å². The molecule has 1 aliphatic heterocycles. The molecule has 1 unspecified atom stereocenters. The predicted molar refractivity (Wildman–Crippen MR) is 75.9 cm³/mol. The Hall–Kier alpha value is -2.63. The maximum atomic E-state index is 12.4. The van der Waals surface area contributed by atoms with Crippen LogP contribution in [0.15, 0.2) is 30.9 Å². The lowest BCUT2D eigenvalue weighted by Crippen LogP contribution is -2.48. The van der Waals surface area contributed by atoms with Gasteiger partial charge in [0.25, 0.3) is 11.8 Å². The van der Waals surface area contributed by atoms with Crippen molar-refractivity contribution >= 4 is 17.7 Å². The molecule has 0 saturated heterocycles. The number of aromatic hydroxyl groups is 1. The Morgan fingerprint density at radius 3 is 2.67 bits per heavy atom. The molecule has 21 heavy (non-hydrogen) atoms. The zero-order valence-electron chi connectivity index (χ0n) is 11.6. The molecule has 0 aliphatic carbocycles. The lowest BCUT2D eigenvalue weighted by atomic mass is 10.1. The first-order valence-electron chi connectivity index (χ1n) is 6.54. The Labute approximate surface area is 122 Å². The molecular weight excluding hydrogens is 272 g/mol. The topological polar surface area (TPSA) is 86.7 Å². The zero-order chi connectivity index (χ0) is 15.6. The van der Waals surface area contributed by atoms with Crippen LogP contribution in [-0.2, 0) is 4.79 Å². The first-order chi connectivity index (χ1) is 10.0. The molecule has 0 fully saturated rings. The highest BCUT2D eigenvalue weighted by Crippen LogP contribution is 2.28. The van der Waals surface area contributed by atoms with Crippen LogP contribution in [0.25, 0.3) is 0 Å². The first-order valence-corrected chi connectivity index (χ1v) is 6.54. The summed E-state index contributed by atoms with van der Waals surface area (Å²) in [7, 11) is 1.45. The van der Waals surface area contributed by atoms with Gasteiger partial charge in [-0.2, -0.15) is 0 Å². The van der Waals surface area contributed by atoms with Gasteiger partial charge in [0.05, 0.1) is 11.1 Å². The number of fused-ring (bicyclic) bond motifs is 1. The number of amides is 3. The van der Waals surface area contributed by atoms with Crippen LogP contribution in [0, 0.1) is 0 Å². The van der Waals surface area contributed by atoms with Crippen LogP contribution in [0.4, 0.5) is 0 Å². The fraction of sp³-hybridized carbons (Fsp3) is 0.267. The maximum Gasteiger partial charge on any atom is 0.262 e. The fourth-order valence-electron chi connectivity index (χ4n) is 2.35. The summed E-state index contributed by atoms with van der Waals surface area (Å²) in [5.41, 5.74) is 0.317. The third-order valence-corrected chi connectivity index (χ3v) is 3.41. The molecule has 1 heterocycles. The van der Waals surface area contributed by atoms with Crippen molar-refractivity contribution in [2.24, 2.45) is 0 Å². The van der Waals surface area contributed by atoms with Gasteiger partial charge in [-0.1, -0.05) is 6.08 Å². The molecule has 1 aromatic carbocycles. The van der Waals surface area contributed by atoms with Crippen molar-refractivity contribution in [3.8, 4) is 5.75 Å². The van der Waals surface area contributed by atoms with Crippen molar-refractivity contribution in [3.63, 3.8) is 0 Å². The molecule has 6 heteroatoms. The number of phenolic OH excluding ortho intramolecular Hbond substituents is 1. The van der Waals surface area contributed by atoms with Crippen molar-refractivity contribution in [2.75, 3.05) is 7.05 Å². The summed E-state index contributed by atoms with van der Waals surface area (Å²) in [4.78, 5) is 37.7. The van der Waals surface area contributed by atoms with E-state index < -0.39 is 23.8 Å². The minimum absolute atomic E-state index is 0.0978. The summed E-state index contributed by atoms with van der Waals surface area (Å²) in [6, 6.07) is 3.08. The highest BCUT2D eigenvalue weighted by Gasteiger charge is 2.42. The number of likely N-dealkylation sites (N-methyl/N-ethyl adjacent to an activating group) is 1. The van der Waals surface area contributed by atoms with E-state index in [9.17, 15) is 19.5 Å². The van der Waals surface area contributed by atoms with Crippen LogP contribution in [0.5, 0.6) is 5.75 Å². The zero-order valence-corrected chi connectivity index (χ0v) is 11.6. The van der Waals surface area contributed by atoms with E-state index in [1.54, 1.807) is 6.08 Å². The standard InChI is InChI=1S/C15H16N2O4/c1-3-4-5-12(13(19)16-2)17-14(20)10-7-6-9(18)8-11(10)15(17)21/h3,6-8,12,18H,1,4-5H2,2H3,(H,16,19). The van der Waals surface area contributed by atoms with Gasteiger partial charge in [0.1, 0.15) is 11.8 Å². The van der Waals surface area contributed by atoms with E-state index in [0.29, 0.717) is 12.8 Å². The number of rotatable bonds is 5. The number of hydrogen-bond donors (Lipinski definition) is 2. The summed E-state index contributed by atoms with van der Waals surface area (Å²) in [5.74, 6) is -1.59. The monoisotopic (exact) mass is 288 g/mol. The van der Waals surface area contributed by atoms with Crippen molar-refractivity contribution in [2.45, 2.75) is 18.9 Å². The van der Waals surface area contributed by atoms with Crippen LogP contribution in [0.3, 0.4) is 0 Å². The van der Waals surface area contributed by atoms with Gasteiger partial charge in [-0.3, -0.25) is 19.3 Å². The number of allylic oxidation sites excluding steroid dienone is 1. The Morgan fingerprint density at radius 1 is 1.38 bits per heavy atom. The molecule has 1 aromatic rings. The minimum Gasteiger partial charge on any atom is -0.508 e. The Kier molecular flexibility index (Phi) is 4.07. The number of hydrogen-bond acceptors (Lipinski definition) is 4. The number of phenols is 1. The number of carbonyl (C=O) groups is 3. The predicted octanol–water partition coefficient (Wildman–Crippen LogP) is 1.07. The molecule has 3 amide bonds. The second-order valence-corrected chi connectivity index (χ2v) is 4.71. The lowest BCUT2D eigenvalue weighted by Gasteiger charge is -2.24. The summed E-state index contributed by atoms with van der Waals surface area (Å²) in [6.45, 7) is 3.58. The number of nitrogens with one attached hydrogen (secondary N) is 1. The molecule has 1 aliphatic rings. The fourth-order valence-corrected chi connectivity index (χ4v) is 2.35. The maximum absolute atomic E-state index is 12.4. The van der Waals surface area contributed by atoms with Crippen molar-refractivity contribution in [1.82, 2.24) is 10.2 Å². The quantitative estimate of drug-likeness (QED) is 0.627. The minimum atomic E-state index is -0.887. The largest absolute Gasteiger partial charge is 0.508 e. The second-order valence-electron chi connectivity index (χ2n) is 4.71. The van der Waals surface area contributed by atoms with Crippen LogP contribution < -0.4 is 5.32 Å². The van der Waals surface area contributed by atoms with Crippen molar-refractivity contribution < 1.29 is 19.5 Å². The summed E-state index contributed by atoms with van der Waals surface area (Å²) >= 11 is 0. The molecule has 0 radical (unpaired) electrons. The molecule has 2 rings (SSSR count). The summed E-state index contributed by atoms with van der Waals surface area (Å²) < 4.78 is 0. The summed E-state index contributed by atoms with van der Waals surface area (Å²) in [6.07, 6.45) is 2.43. The van der Waals surface area contributed by atoms with E-state index in [4.69, 9.17) is 0 Å². The van der Waals surface area contributed by atoms with Gasteiger partial charge in [0.15, 0.2) is 0 Å². The van der Waals surface area contributed by atoms with Gasteiger partial charge in [-0.15, -0.1) is 6.58 Å². The van der Waals surface area contributed by atoms with Gasteiger partial charge in [-0.05, 0) is 31.0 Å². The Balaban J connectivity index is 2.39. The molecular formula is C15H16N2O4. The smallest absolute Gasteiger partial charge is 0.262 e. The molecule has 0 spiro atoms. The number of benzene rings is 1. The Bertz CT molecular complexity index is 624. The molecule has 0 saturated carbocycles. The highest BCUT2D eigenvalue weighted by molar-refractivity contribution is 6.23. The van der Waals surface area contributed by atoms with E-state index in [-0.39, 0.29) is 16.9 Å². The molecule has 0 aromatic heterocycles. The van der Waals surface area contributed by atoms with Crippen LogP contribution in [0.1, 0.15) is 33.6 Å². The average Bonchev–Trinajstić information content (AvgIpc) is 2.71. The molecule has 6 nitrogen and oxygen atoms in total. The average molecular weight is 288 g/mol. The van der Waals surface area contributed by atoms with Crippen molar-refractivity contribution in [3.05, 3.63) is 42.0 Å². The second kappa shape index (κ2) is 5.78. The molecule has 1 atom stereocenters. The third kappa shape index (κ3) is 2.52. The Morgan fingerprint density at radius 2 is 2.05 bits per heavy atom. The van der Waals surface area contributed by atoms with E-state index in [1.807, 2.05) is 0 Å². The summed E-state index contributed by atoms with van der Waals surface area (Å²) in [5, 5.41) is 11.9. The van der Waals surface area contributed by atoms with Gasteiger partial charge in [-0.25, -0.2) is 0 Å². The van der Waals surface area contributed by atoms with E-state index >= 15 is 0 Å². The van der Waals surface area contributed by atoms with Crippen molar-refractivity contribution in [1.29, 1.82) is 0 Å². The molecule has 0 bridgehead atoms. The van der Waals surface area contributed by atoms with Gasteiger partial charge < -0.3 is 10.4 Å². The molecule has 110 valence electrons. The normalized spacial score (nSPS) is 14.8. The van der Waals surface area contributed by atoms with E-state index in [0.717, 1.165) is 4.90 Å². The van der Waals surface area contributed by atoms with Gasteiger partial charge >= 0.3 is 0 Å². The van der Waals surface area contributed by atoms with E-state index in [2.05, 4.69) is 11.9 Å². The first kappa shape index (κ1) is 14.8. The highest BCUT2D eigenvalue weighted by atomic mass is 16.3. The number of nitrogens with zero attached hydrogens (tertiary/aromatic N) is 1. The SMILES string of the molecule is C=CCCC(C(=O)NC)N1C(=O)c2ccc(O)cc2C1=O. The lowest BCUT2D eigenvalue weighted by molar-refractivity contribution is -0.124. The van der Waals surface area contributed by atoms with Crippen LogP contribution in [-0.4, -0.2) is 40.8 Å². The van der Waals surface area contributed by atoms with Gasteiger partial charge in [0, 0.05) is 7.05 Å². The van der Waals surface area contributed by atoms with Gasteiger partial charge in [0.2, 0.25) is 5.91 Å². The molecule has 2 N–H and O–H groups in total.